The first-order valence-electron chi connectivity index (χ1n) is 5.73. The molecule has 0 saturated heterocycles. The third-order valence-corrected chi connectivity index (χ3v) is 3.46. The first-order chi connectivity index (χ1) is 7.26. The Morgan fingerprint density at radius 1 is 1.47 bits per heavy atom. The summed E-state index contributed by atoms with van der Waals surface area (Å²) in [5.41, 5.74) is 3.88. The highest BCUT2D eigenvalue weighted by atomic mass is 16.3. The molecule has 1 atom stereocenters. The van der Waals surface area contributed by atoms with Gasteiger partial charge in [-0.05, 0) is 36.6 Å². The van der Waals surface area contributed by atoms with E-state index in [-0.39, 0.29) is 6.61 Å². The molecule has 2 heteroatoms. The number of benzene rings is 1. The predicted octanol–water partition coefficient (Wildman–Crippen LogP) is 2.12. The van der Waals surface area contributed by atoms with Crippen molar-refractivity contribution in [2.45, 2.75) is 32.9 Å². The molecule has 1 aromatic rings. The van der Waals surface area contributed by atoms with Crippen LogP contribution in [-0.2, 0) is 13.0 Å². The second-order valence-corrected chi connectivity index (χ2v) is 4.25. The molecule has 82 valence electrons. The van der Waals surface area contributed by atoms with E-state index >= 15 is 0 Å². The Morgan fingerprint density at radius 3 is 2.93 bits per heavy atom. The lowest BCUT2D eigenvalue weighted by atomic mass is 9.92. The van der Waals surface area contributed by atoms with Crippen molar-refractivity contribution in [2.24, 2.45) is 0 Å². The van der Waals surface area contributed by atoms with Gasteiger partial charge in [-0.3, -0.25) is 4.90 Å². The maximum absolute atomic E-state index is 9.09. The van der Waals surface area contributed by atoms with Crippen molar-refractivity contribution < 1.29 is 5.11 Å². The molecule has 0 bridgehead atoms. The molecule has 0 radical (unpaired) electrons. The summed E-state index contributed by atoms with van der Waals surface area (Å²) in [6.07, 6.45) is 1.11. The fraction of sp³-hybridized carbons (Fsp3) is 0.538. The van der Waals surface area contributed by atoms with Crippen molar-refractivity contribution in [1.29, 1.82) is 0 Å². The molecule has 0 saturated carbocycles. The highest BCUT2D eigenvalue weighted by Crippen LogP contribution is 2.29. The Kier molecular flexibility index (Phi) is 3.08. The lowest BCUT2D eigenvalue weighted by Crippen LogP contribution is -2.33. The molecule has 1 unspecified atom stereocenters. The van der Waals surface area contributed by atoms with E-state index in [9.17, 15) is 0 Å². The molecule has 0 spiro atoms. The van der Waals surface area contributed by atoms with Crippen LogP contribution in [0.15, 0.2) is 18.2 Å². The minimum absolute atomic E-state index is 0.152. The number of hydrogen-bond donors (Lipinski definition) is 1. The molecule has 15 heavy (non-hydrogen) atoms. The van der Waals surface area contributed by atoms with Crippen LogP contribution < -0.4 is 0 Å². The second kappa shape index (κ2) is 4.33. The number of hydrogen-bond acceptors (Lipinski definition) is 2. The smallest absolute Gasteiger partial charge is 0.0681 e. The molecule has 2 nitrogen and oxygen atoms in total. The van der Waals surface area contributed by atoms with Crippen molar-refractivity contribution in [3.8, 4) is 0 Å². The fourth-order valence-corrected chi connectivity index (χ4v) is 2.47. The highest BCUT2D eigenvalue weighted by molar-refractivity contribution is 5.35. The number of nitrogens with zero attached hydrogens (tertiary/aromatic N) is 1. The minimum atomic E-state index is 0.152. The van der Waals surface area contributed by atoms with E-state index in [2.05, 4.69) is 30.9 Å². The van der Waals surface area contributed by atoms with Crippen molar-refractivity contribution in [3.05, 3.63) is 34.9 Å². The van der Waals surface area contributed by atoms with E-state index in [0.29, 0.717) is 6.04 Å². The van der Waals surface area contributed by atoms with Gasteiger partial charge in [-0.25, -0.2) is 0 Å². The maximum Gasteiger partial charge on any atom is 0.0681 e. The van der Waals surface area contributed by atoms with Gasteiger partial charge in [0.15, 0.2) is 0 Å². The van der Waals surface area contributed by atoms with Crippen LogP contribution in [0.2, 0.25) is 0 Å². The molecule has 1 N–H and O–H groups in total. The number of likely N-dealkylation sites (N-methyl/N-ethyl adjacent to an activating group) is 1. The number of fused-ring (bicyclic) bond motifs is 1. The van der Waals surface area contributed by atoms with Gasteiger partial charge in [0.25, 0.3) is 0 Å². The molecule has 1 aliphatic rings. The van der Waals surface area contributed by atoms with Gasteiger partial charge < -0.3 is 5.11 Å². The molecule has 1 aliphatic heterocycles. The zero-order valence-corrected chi connectivity index (χ0v) is 9.53. The Balaban J connectivity index is 2.33. The van der Waals surface area contributed by atoms with Crippen molar-refractivity contribution >= 4 is 0 Å². The second-order valence-electron chi connectivity index (χ2n) is 4.25. The summed E-state index contributed by atoms with van der Waals surface area (Å²) in [6, 6.07) is 6.88. The van der Waals surface area contributed by atoms with Crippen LogP contribution >= 0.6 is 0 Å². The van der Waals surface area contributed by atoms with E-state index in [4.69, 9.17) is 5.11 Å². The summed E-state index contributed by atoms with van der Waals surface area (Å²) in [5.74, 6) is 0. The first kappa shape index (κ1) is 10.7. The molecule has 0 aromatic heterocycles. The maximum atomic E-state index is 9.09. The van der Waals surface area contributed by atoms with E-state index in [1.807, 2.05) is 6.07 Å². The van der Waals surface area contributed by atoms with Crippen LogP contribution in [0.3, 0.4) is 0 Å². The molecule has 2 rings (SSSR count). The van der Waals surface area contributed by atoms with Crippen molar-refractivity contribution in [1.82, 2.24) is 4.90 Å². The van der Waals surface area contributed by atoms with Crippen LogP contribution in [0.25, 0.3) is 0 Å². The largest absolute Gasteiger partial charge is 0.392 e. The van der Waals surface area contributed by atoms with E-state index in [0.717, 1.165) is 25.1 Å². The van der Waals surface area contributed by atoms with Crippen molar-refractivity contribution in [2.75, 3.05) is 13.1 Å². The summed E-state index contributed by atoms with van der Waals surface area (Å²) < 4.78 is 0. The SMILES string of the molecule is CCN1CCc2cc(CO)ccc2C1C. The van der Waals surface area contributed by atoms with Gasteiger partial charge in [-0.2, -0.15) is 0 Å². The van der Waals surface area contributed by atoms with Crippen LogP contribution in [0.1, 0.15) is 36.6 Å². The lowest BCUT2D eigenvalue weighted by molar-refractivity contribution is 0.209. The average Bonchev–Trinajstić information content (AvgIpc) is 2.29. The Labute approximate surface area is 91.5 Å². The first-order valence-corrected chi connectivity index (χ1v) is 5.73. The quantitative estimate of drug-likeness (QED) is 0.799. The average molecular weight is 205 g/mol. The fourth-order valence-electron chi connectivity index (χ4n) is 2.47. The molecule has 0 fully saturated rings. The van der Waals surface area contributed by atoms with Gasteiger partial charge in [-0.15, -0.1) is 0 Å². The standard InChI is InChI=1S/C13H19NO/c1-3-14-7-6-12-8-11(9-15)4-5-13(12)10(14)2/h4-5,8,10,15H,3,6-7,9H2,1-2H3. The normalized spacial score (nSPS) is 21.4. The summed E-state index contributed by atoms with van der Waals surface area (Å²) in [7, 11) is 0. The number of rotatable bonds is 2. The predicted molar refractivity (Wildman–Crippen MR) is 61.7 cm³/mol. The van der Waals surface area contributed by atoms with E-state index in [1.54, 1.807) is 0 Å². The van der Waals surface area contributed by atoms with Gasteiger partial charge in [0.2, 0.25) is 0 Å². The zero-order chi connectivity index (χ0) is 10.8. The Morgan fingerprint density at radius 2 is 2.27 bits per heavy atom. The summed E-state index contributed by atoms with van der Waals surface area (Å²) in [6.45, 7) is 6.88. The lowest BCUT2D eigenvalue weighted by Gasteiger charge is -2.34. The number of aliphatic hydroxyl groups is 1. The Hall–Kier alpha value is -0.860. The topological polar surface area (TPSA) is 23.5 Å². The van der Waals surface area contributed by atoms with Gasteiger partial charge in [0.1, 0.15) is 0 Å². The van der Waals surface area contributed by atoms with Gasteiger partial charge in [0.05, 0.1) is 6.61 Å². The highest BCUT2D eigenvalue weighted by Gasteiger charge is 2.22. The van der Waals surface area contributed by atoms with Gasteiger partial charge >= 0.3 is 0 Å². The van der Waals surface area contributed by atoms with Crippen LogP contribution in [0, 0.1) is 0 Å². The van der Waals surface area contributed by atoms with Gasteiger partial charge in [-0.1, -0.05) is 25.1 Å². The Bertz CT molecular complexity index is 348. The van der Waals surface area contributed by atoms with Crippen molar-refractivity contribution in [3.63, 3.8) is 0 Å². The summed E-state index contributed by atoms with van der Waals surface area (Å²) >= 11 is 0. The molecular formula is C13H19NO. The van der Waals surface area contributed by atoms with E-state index in [1.165, 1.54) is 11.1 Å². The summed E-state index contributed by atoms with van der Waals surface area (Å²) in [5, 5.41) is 9.09. The summed E-state index contributed by atoms with van der Waals surface area (Å²) in [4.78, 5) is 2.49. The third kappa shape index (κ3) is 1.92. The molecule has 1 aromatic carbocycles. The molecular weight excluding hydrogens is 186 g/mol. The molecule has 0 amide bonds. The van der Waals surface area contributed by atoms with Crippen LogP contribution in [0.4, 0.5) is 0 Å². The molecule has 1 heterocycles. The van der Waals surface area contributed by atoms with Gasteiger partial charge in [0, 0.05) is 12.6 Å². The van der Waals surface area contributed by atoms with E-state index < -0.39 is 0 Å². The number of aliphatic hydroxyl groups excluding tert-OH is 1. The molecule has 0 aliphatic carbocycles. The minimum Gasteiger partial charge on any atom is -0.392 e. The zero-order valence-electron chi connectivity index (χ0n) is 9.53. The monoisotopic (exact) mass is 205 g/mol. The third-order valence-electron chi connectivity index (χ3n) is 3.46. The van der Waals surface area contributed by atoms with Crippen LogP contribution in [0.5, 0.6) is 0 Å². The van der Waals surface area contributed by atoms with Crippen LogP contribution in [-0.4, -0.2) is 23.1 Å².